The molecule has 0 spiro atoms. The minimum Gasteiger partial charge on any atom is -0.467 e. The van der Waals surface area contributed by atoms with Gasteiger partial charge in [-0.25, -0.2) is 4.79 Å². The molecule has 1 heterocycles. The number of thiophene rings is 1. The Morgan fingerprint density at radius 2 is 2.33 bits per heavy atom. The highest BCUT2D eigenvalue weighted by Crippen LogP contribution is 2.33. The molecule has 1 amide bonds. The summed E-state index contributed by atoms with van der Waals surface area (Å²) in [5, 5.41) is 11.7. The van der Waals surface area contributed by atoms with Gasteiger partial charge in [0.05, 0.1) is 18.6 Å². The molecule has 2 unspecified atom stereocenters. The second-order valence-corrected chi connectivity index (χ2v) is 6.44. The van der Waals surface area contributed by atoms with Crippen molar-refractivity contribution in [1.82, 2.24) is 5.32 Å². The maximum absolute atomic E-state index is 12.2. The first-order chi connectivity index (χ1) is 10.1. The number of hydrogen-bond donors (Lipinski definition) is 2. The van der Waals surface area contributed by atoms with Crippen molar-refractivity contribution in [1.29, 1.82) is 0 Å². The zero-order chi connectivity index (χ0) is 15.4. The summed E-state index contributed by atoms with van der Waals surface area (Å²) in [5.74, 6) is -0.270. The topological polar surface area (TPSA) is 75.6 Å². The van der Waals surface area contributed by atoms with Gasteiger partial charge in [-0.15, -0.1) is 11.3 Å². The molecule has 0 fully saturated rings. The van der Waals surface area contributed by atoms with E-state index in [1.54, 1.807) is 0 Å². The Balaban J connectivity index is 2.07. The van der Waals surface area contributed by atoms with Gasteiger partial charge in [0.25, 0.3) is 5.91 Å². The van der Waals surface area contributed by atoms with Crippen LogP contribution in [0.25, 0.3) is 0 Å². The molecular weight excluding hydrogens is 290 g/mol. The molecule has 116 valence electrons. The number of ether oxygens (including phenoxy) is 1. The van der Waals surface area contributed by atoms with Gasteiger partial charge in [-0.3, -0.25) is 4.79 Å². The van der Waals surface area contributed by atoms with Gasteiger partial charge < -0.3 is 15.2 Å². The molecule has 2 atom stereocenters. The van der Waals surface area contributed by atoms with E-state index in [1.165, 1.54) is 35.3 Å². The number of aryl methyl sites for hydroxylation is 1. The zero-order valence-corrected chi connectivity index (χ0v) is 13.2. The molecule has 0 saturated heterocycles. The normalized spacial score (nSPS) is 18.7. The van der Waals surface area contributed by atoms with Gasteiger partial charge in [-0.2, -0.15) is 0 Å². The van der Waals surface area contributed by atoms with Gasteiger partial charge in [-0.1, -0.05) is 13.3 Å². The molecule has 1 aliphatic rings. The maximum atomic E-state index is 12.2. The second-order valence-electron chi connectivity index (χ2n) is 5.31. The lowest BCUT2D eigenvalue weighted by atomic mass is 9.87. The predicted molar refractivity (Wildman–Crippen MR) is 80.5 cm³/mol. The van der Waals surface area contributed by atoms with E-state index < -0.39 is 18.6 Å². The van der Waals surface area contributed by atoms with Crippen molar-refractivity contribution in [2.75, 3.05) is 13.7 Å². The van der Waals surface area contributed by atoms with Crippen molar-refractivity contribution in [3.8, 4) is 0 Å². The van der Waals surface area contributed by atoms with E-state index in [4.69, 9.17) is 5.11 Å². The quantitative estimate of drug-likeness (QED) is 0.809. The summed E-state index contributed by atoms with van der Waals surface area (Å²) in [6.45, 7) is 1.72. The standard InChI is InChI=1S/C15H21NO4S/c1-3-9-4-5-12-10(6-9)7-13(21-12)14(18)16-11(8-17)15(19)20-2/h7,9,11,17H,3-6,8H2,1-2H3,(H,16,18). The Kier molecular flexibility index (Phi) is 5.36. The number of hydrogen-bond acceptors (Lipinski definition) is 5. The van der Waals surface area contributed by atoms with Crippen LogP contribution in [0.2, 0.25) is 0 Å². The van der Waals surface area contributed by atoms with Gasteiger partial charge in [0, 0.05) is 4.88 Å². The van der Waals surface area contributed by atoms with E-state index in [0.29, 0.717) is 10.8 Å². The van der Waals surface area contributed by atoms with Crippen LogP contribution in [0.1, 0.15) is 39.9 Å². The lowest BCUT2D eigenvalue weighted by Crippen LogP contribution is -2.43. The van der Waals surface area contributed by atoms with Crippen molar-refractivity contribution in [2.24, 2.45) is 5.92 Å². The molecule has 2 N–H and O–H groups in total. The number of esters is 1. The zero-order valence-electron chi connectivity index (χ0n) is 12.3. The number of nitrogens with one attached hydrogen (secondary N) is 1. The minimum atomic E-state index is -1.01. The van der Waals surface area contributed by atoms with Gasteiger partial charge in [0.2, 0.25) is 0 Å². The van der Waals surface area contributed by atoms with Crippen LogP contribution in [0, 0.1) is 5.92 Å². The van der Waals surface area contributed by atoms with Crippen LogP contribution in [-0.2, 0) is 22.4 Å². The summed E-state index contributed by atoms with van der Waals surface area (Å²) < 4.78 is 4.54. The summed E-state index contributed by atoms with van der Waals surface area (Å²) in [7, 11) is 1.23. The Bertz CT molecular complexity index is 526. The molecule has 0 bridgehead atoms. The Morgan fingerprint density at radius 1 is 1.57 bits per heavy atom. The molecule has 2 rings (SSSR count). The third-order valence-corrected chi connectivity index (χ3v) is 5.20. The molecule has 5 nitrogen and oxygen atoms in total. The van der Waals surface area contributed by atoms with E-state index >= 15 is 0 Å². The summed E-state index contributed by atoms with van der Waals surface area (Å²) in [6.07, 6.45) is 4.38. The van der Waals surface area contributed by atoms with Crippen LogP contribution >= 0.6 is 11.3 Å². The van der Waals surface area contributed by atoms with Crippen molar-refractivity contribution >= 4 is 23.2 Å². The van der Waals surface area contributed by atoms with Gasteiger partial charge in [-0.05, 0) is 36.8 Å². The molecule has 1 aromatic rings. The average Bonchev–Trinajstić information content (AvgIpc) is 2.94. The number of aliphatic hydroxyl groups is 1. The third-order valence-electron chi connectivity index (χ3n) is 3.96. The Labute approximate surface area is 128 Å². The number of fused-ring (bicyclic) bond motifs is 1. The molecule has 0 saturated carbocycles. The first-order valence-corrected chi connectivity index (χ1v) is 8.01. The highest BCUT2D eigenvalue weighted by molar-refractivity contribution is 7.14. The molecule has 21 heavy (non-hydrogen) atoms. The maximum Gasteiger partial charge on any atom is 0.330 e. The van der Waals surface area contributed by atoms with Crippen LogP contribution in [0.4, 0.5) is 0 Å². The van der Waals surface area contributed by atoms with E-state index in [9.17, 15) is 9.59 Å². The van der Waals surface area contributed by atoms with E-state index in [1.807, 2.05) is 6.07 Å². The Morgan fingerprint density at radius 3 is 2.95 bits per heavy atom. The summed E-state index contributed by atoms with van der Waals surface area (Å²) >= 11 is 1.48. The van der Waals surface area contributed by atoms with Crippen molar-refractivity contribution in [3.05, 3.63) is 21.4 Å². The highest BCUT2D eigenvalue weighted by Gasteiger charge is 2.25. The smallest absolute Gasteiger partial charge is 0.330 e. The first kappa shape index (κ1) is 16.0. The summed E-state index contributed by atoms with van der Waals surface area (Å²) in [5.41, 5.74) is 1.25. The fraction of sp³-hybridized carbons (Fsp3) is 0.600. The molecular formula is C15H21NO4S. The number of aliphatic hydroxyl groups excluding tert-OH is 1. The molecule has 0 aliphatic heterocycles. The molecule has 0 aromatic carbocycles. The van der Waals surface area contributed by atoms with Crippen LogP contribution in [0.3, 0.4) is 0 Å². The van der Waals surface area contributed by atoms with Crippen LogP contribution in [0.15, 0.2) is 6.07 Å². The van der Waals surface area contributed by atoms with Crippen molar-refractivity contribution in [3.63, 3.8) is 0 Å². The third kappa shape index (κ3) is 3.63. The predicted octanol–water partition coefficient (Wildman–Crippen LogP) is 1.53. The lowest BCUT2D eigenvalue weighted by molar-refractivity contribution is -0.143. The SMILES string of the molecule is CCC1CCc2sc(C(=O)NC(CO)C(=O)OC)cc2C1. The van der Waals surface area contributed by atoms with Crippen LogP contribution < -0.4 is 5.32 Å². The number of carbonyl (C=O) groups is 2. The van der Waals surface area contributed by atoms with E-state index in [2.05, 4.69) is 17.0 Å². The second kappa shape index (κ2) is 7.04. The van der Waals surface area contributed by atoms with Gasteiger partial charge in [0.15, 0.2) is 6.04 Å². The average molecular weight is 311 g/mol. The molecule has 0 radical (unpaired) electrons. The number of methoxy groups -OCH3 is 1. The molecule has 6 heteroatoms. The Hall–Kier alpha value is -1.40. The van der Waals surface area contributed by atoms with Crippen LogP contribution in [0.5, 0.6) is 0 Å². The number of carbonyl (C=O) groups excluding carboxylic acids is 2. The minimum absolute atomic E-state index is 0.327. The highest BCUT2D eigenvalue weighted by atomic mass is 32.1. The summed E-state index contributed by atoms with van der Waals surface area (Å²) in [4.78, 5) is 25.4. The number of amides is 1. The largest absolute Gasteiger partial charge is 0.467 e. The molecule has 1 aromatic heterocycles. The lowest BCUT2D eigenvalue weighted by Gasteiger charge is -2.19. The van der Waals surface area contributed by atoms with E-state index in [0.717, 1.165) is 19.3 Å². The summed E-state index contributed by atoms with van der Waals surface area (Å²) in [6, 6.07) is 0.910. The van der Waals surface area contributed by atoms with Gasteiger partial charge >= 0.3 is 5.97 Å². The number of rotatable bonds is 5. The molecule has 1 aliphatic carbocycles. The fourth-order valence-electron chi connectivity index (χ4n) is 2.61. The van der Waals surface area contributed by atoms with Gasteiger partial charge in [0.1, 0.15) is 0 Å². The first-order valence-electron chi connectivity index (χ1n) is 7.20. The van der Waals surface area contributed by atoms with Crippen molar-refractivity contribution < 1.29 is 19.4 Å². The van der Waals surface area contributed by atoms with Crippen LogP contribution in [-0.4, -0.2) is 36.7 Å². The monoisotopic (exact) mass is 311 g/mol. The van der Waals surface area contributed by atoms with E-state index in [-0.39, 0.29) is 5.91 Å². The van der Waals surface area contributed by atoms with Crippen molar-refractivity contribution in [2.45, 2.75) is 38.6 Å². The fourth-order valence-corrected chi connectivity index (χ4v) is 3.72.